The zero-order valence-corrected chi connectivity index (χ0v) is 17.0. The zero-order valence-electron chi connectivity index (χ0n) is 17.0. The Bertz CT molecular complexity index is 1090. The third-order valence-corrected chi connectivity index (χ3v) is 6.09. The van der Waals surface area contributed by atoms with Crippen LogP contribution in [0.4, 0.5) is 13.2 Å². The molecule has 0 radical (unpaired) electrons. The molecule has 2 fully saturated rings. The summed E-state index contributed by atoms with van der Waals surface area (Å²) in [6.07, 6.45) is -0.177. The molecule has 2 amide bonds. The quantitative estimate of drug-likeness (QED) is 0.670. The number of amides is 2. The molecule has 0 bridgehead atoms. The number of carbonyl (C=O) groups is 2. The maximum absolute atomic E-state index is 13.8. The van der Waals surface area contributed by atoms with Gasteiger partial charge in [0.15, 0.2) is 11.6 Å². The summed E-state index contributed by atoms with van der Waals surface area (Å²) in [6, 6.07) is 8.90. The Hall–Kier alpha value is -3.38. The van der Waals surface area contributed by atoms with E-state index in [-0.39, 0.29) is 48.1 Å². The molecule has 3 N–H and O–H groups in total. The number of nitriles is 1. The van der Waals surface area contributed by atoms with Crippen molar-refractivity contribution in [2.75, 3.05) is 13.1 Å². The normalized spacial score (nSPS) is 22.1. The molecule has 1 aliphatic carbocycles. The summed E-state index contributed by atoms with van der Waals surface area (Å²) >= 11 is 0. The fourth-order valence-electron chi connectivity index (χ4n) is 4.33. The number of nitrogens with two attached hydrogens (primary N) is 1. The van der Waals surface area contributed by atoms with Crippen molar-refractivity contribution in [3.8, 4) is 6.07 Å². The molecule has 32 heavy (non-hydrogen) atoms. The molecule has 2 aromatic rings. The van der Waals surface area contributed by atoms with Gasteiger partial charge in [0.1, 0.15) is 5.82 Å². The number of hydrogen-bond donors (Lipinski definition) is 2. The first-order valence-corrected chi connectivity index (χ1v) is 10.2. The molecule has 2 aliphatic rings. The van der Waals surface area contributed by atoms with Gasteiger partial charge in [0.05, 0.1) is 11.6 Å². The number of piperidine rings is 1. The fraction of sp³-hybridized carbons (Fsp3) is 0.348. The minimum absolute atomic E-state index is 0.0419. The number of rotatable bonds is 6. The maximum atomic E-state index is 13.8. The first kappa shape index (κ1) is 21.8. The number of benzene rings is 2. The number of nitrogens with one attached hydrogen (secondary N) is 1. The monoisotopic (exact) mass is 442 g/mol. The van der Waals surface area contributed by atoms with Gasteiger partial charge >= 0.3 is 0 Å². The van der Waals surface area contributed by atoms with Crippen LogP contribution in [0.2, 0.25) is 0 Å². The second kappa shape index (κ2) is 8.63. The lowest BCUT2D eigenvalue weighted by Gasteiger charge is -2.21. The summed E-state index contributed by atoms with van der Waals surface area (Å²) in [5.74, 6) is -3.41. The van der Waals surface area contributed by atoms with E-state index in [1.165, 1.54) is 0 Å². The van der Waals surface area contributed by atoms with Gasteiger partial charge in [-0.25, -0.2) is 13.2 Å². The summed E-state index contributed by atoms with van der Waals surface area (Å²) in [7, 11) is 0. The van der Waals surface area contributed by atoms with Crippen LogP contribution in [0, 0.1) is 40.6 Å². The van der Waals surface area contributed by atoms with Gasteiger partial charge in [-0.05, 0) is 42.3 Å². The van der Waals surface area contributed by atoms with E-state index in [0.717, 1.165) is 6.07 Å². The summed E-state index contributed by atoms with van der Waals surface area (Å²) in [5, 5.41) is 11.7. The van der Waals surface area contributed by atoms with Crippen molar-refractivity contribution in [3.05, 3.63) is 70.5 Å². The number of halogens is 3. The highest BCUT2D eigenvalue weighted by Crippen LogP contribution is 2.45. The number of likely N-dealkylation sites (tertiary alicyclic amines) is 1. The summed E-state index contributed by atoms with van der Waals surface area (Å²) in [6.45, 7) is 1.06. The third kappa shape index (κ3) is 4.46. The SMILES string of the molecule is N#Cc1ccc(C(=O)N2C[C@@H]3C(NC(=O)C[C@H](N)Cc4cc(F)c(F)cc4F)[C@@H]3C2)cc1. The van der Waals surface area contributed by atoms with Crippen molar-refractivity contribution in [2.24, 2.45) is 17.6 Å². The van der Waals surface area contributed by atoms with E-state index in [1.54, 1.807) is 29.2 Å². The van der Waals surface area contributed by atoms with Crippen molar-refractivity contribution in [2.45, 2.75) is 24.9 Å². The predicted molar refractivity (Wildman–Crippen MR) is 109 cm³/mol. The molecule has 166 valence electrons. The van der Waals surface area contributed by atoms with E-state index in [2.05, 4.69) is 5.32 Å². The van der Waals surface area contributed by atoms with Gasteiger partial charge in [-0.1, -0.05) is 0 Å². The van der Waals surface area contributed by atoms with E-state index in [4.69, 9.17) is 11.0 Å². The van der Waals surface area contributed by atoms with Crippen LogP contribution in [0.25, 0.3) is 0 Å². The van der Waals surface area contributed by atoms with E-state index in [1.807, 2.05) is 6.07 Å². The van der Waals surface area contributed by atoms with Crippen LogP contribution in [0.5, 0.6) is 0 Å². The Balaban J connectivity index is 1.24. The highest BCUT2D eigenvalue weighted by atomic mass is 19.2. The average Bonchev–Trinajstić information content (AvgIpc) is 3.19. The van der Waals surface area contributed by atoms with Crippen LogP contribution in [0.15, 0.2) is 36.4 Å². The molecule has 0 spiro atoms. The smallest absolute Gasteiger partial charge is 0.253 e. The van der Waals surface area contributed by atoms with Crippen LogP contribution in [-0.4, -0.2) is 41.9 Å². The van der Waals surface area contributed by atoms with Crippen molar-refractivity contribution in [1.82, 2.24) is 10.2 Å². The lowest BCUT2D eigenvalue weighted by Crippen LogP contribution is -2.39. The van der Waals surface area contributed by atoms with Crippen LogP contribution >= 0.6 is 0 Å². The lowest BCUT2D eigenvalue weighted by atomic mass is 10.0. The molecule has 4 rings (SSSR count). The third-order valence-electron chi connectivity index (χ3n) is 6.09. The van der Waals surface area contributed by atoms with Crippen LogP contribution < -0.4 is 11.1 Å². The van der Waals surface area contributed by atoms with Crippen molar-refractivity contribution in [1.29, 1.82) is 5.26 Å². The van der Waals surface area contributed by atoms with E-state index in [9.17, 15) is 22.8 Å². The predicted octanol–water partition coefficient (Wildman–Crippen LogP) is 2.12. The molecule has 4 atom stereocenters. The second-order valence-corrected chi connectivity index (χ2v) is 8.35. The topological polar surface area (TPSA) is 99.2 Å². The largest absolute Gasteiger partial charge is 0.353 e. The van der Waals surface area contributed by atoms with Gasteiger partial charge in [0.25, 0.3) is 5.91 Å². The maximum Gasteiger partial charge on any atom is 0.253 e. The van der Waals surface area contributed by atoms with Crippen LogP contribution in [0.1, 0.15) is 27.9 Å². The summed E-state index contributed by atoms with van der Waals surface area (Å²) in [4.78, 5) is 26.6. The van der Waals surface area contributed by atoms with E-state index >= 15 is 0 Å². The number of carbonyl (C=O) groups excluding carboxylic acids is 2. The molecular formula is C23H21F3N4O2. The molecule has 9 heteroatoms. The lowest BCUT2D eigenvalue weighted by molar-refractivity contribution is -0.121. The van der Waals surface area contributed by atoms with Gasteiger partial charge in [-0.15, -0.1) is 0 Å². The Kier molecular flexibility index (Phi) is 5.89. The van der Waals surface area contributed by atoms with Crippen LogP contribution in [0.3, 0.4) is 0 Å². The first-order chi connectivity index (χ1) is 15.3. The van der Waals surface area contributed by atoms with Gasteiger partial charge in [-0.3, -0.25) is 9.59 Å². The van der Waals surface area contributed by atoms with Crippen molar-refractivity contribution < 1.29 is 22.8 Å². The highest BCUT2D eigenvalue weighted by molar-refractivity contribution is 5.94. The standard InChI is InChI=1S/C23H21F3N4O2/c24-18-8-20(26)19(25)6-14(18)5-15(28)7-21(31)29-22-16-10-30(11-17(16)22)23(32)13-3-1-12(9-27)2-4-13/h1-4,6,8,15-17,22H,5,7,10-11,28H2,(H,29,31)/t15-,16-,17+,22?/m1/s1. The molecule has 1 saturated heterocycles. The van der Waals surface area contributed by atoms with Crippen LogP contribution in [-0.2, 0) is 11.2 Å². The van der Waals surface area contributed by atoms with Gasteiger partial charge in [0, 0.05) is 55.1 Å². The molecule has 2 aromatic carbocycles. The van der Waals surface area contributed by atoms with Crippen molar-refractivity contribution >= 4 is 11.8 Å². The van der Waals surface area contributed by atoms with Gasteiger partial charge in [0.2, 0.25) is 5.91 Å². The Labute approximate surface area is 182 Å². The molecule has 6 nitrogen and oxygen atoms in total. The van der Waals surface area contributed by atoms with E-state index in [0.29, 0.717) is 30.3 Å². The minimum atomic E-state index is -1.27. The second-order valence-electron chi connectivity index (χ2n) is 8.35. The van der Waals surface area contributed by atoms with Gasteiger partial charge < -0.3 is 16.0 Å². The summed E-state index contributed by atoms with van der Waals surface area (Å²) < 4.78 is 40.1. The molecule has 1 saturated carbocycles. The Morgan fingerprint density at radius 3 is 2.34 bits per heavy atom. The van der Waals surface area contributed by atoms with Crippen molar-refractivity contribution in [3.63, 3.8) is 0 Å². The molecule has 0 aromatic heterocycles. The fourth-order valence-corrected chi connectivity index (χ4v) is 4.33. The Morgan fingerprint density at radius 1 is 1.09 bits per heavy atom. The zero-order chi connectivity index (χ0) is 23.0. The first-order valence-electron chi connectivity index (χ1n) is 10.2. The molecule has 1 heterocycles. The molecular weight excluding hydrogens is 421 g/mol. The van der Waals surface area contributed by atoms with E-state index < -0.39 is 23.5 Å². The molecule has 1 unspecified atom stereocenters. The number of fused-ring (bicyclic) bond motifs is 1. The average molecular weight is 442 g/mol. The van der Waals surface area contributed by atoms with Gasteiger partial charge in [-0.2, -0.15) is 5.26 Å². The minimum Gasteiger partial charge on any atom is -0.353 e. The Morgan fingerprint density at radius 2 is 1.72 bits per heavy atom. The molecule has 1 aliphatic heterocycles. The number of nitrogens with zero attached hydrogens (tertiary/aromatic N) is 2. The highest BCUT2D eigenvalue weighted by Gasteiger charge is 2.57. The summed E-state index contributed by atoms with van der Waals surface area (Å²) in [5.41, 5.74) is 6.83. The number of hydrogen-bond acceptors (Lipinski definition) is 4.